The molecule has 24 heavy (non-hydrogen) atoms. The second-order valence-corrected chi connectivity index (χ2v) is 6.86. The molecule has 3 rings (SSSR count). The fourth-order valence-corrected chi connectivity index (χ4v) is 3.49. The summed E-state index contributed by atoms with van der Waals surface area (Å²) in [6, 6.07) is 10.9. The Kier molecular flexibility index (Phi) is 4.94. The highest BCUT2D eigenvalue weighted by Crippen LogP contribution is 2.34. The molecule has 7 heteroatoms. The molecule has 2 aromatic rings. The van der Waals surface area contributed by atoms with Gasteiger partial charge in [-0.25, -0.2) is 4.39 Å². The number of carbonyl (C=O) groups excluding carboxylic acids is 2. The number of thioether (sulfide) groups is 1. The van der Waals surface area contributed by atoms with Gasteiger partial charge in [0.2, 0.25) is 0 Å². The average molecular weight is 382 g/mol. The van der Waals surface area contributed by atoms with Crippen molar-refractivity contribution in [3.05, 3.63) is 74.4 Å². The molecule has 0 aromatic heterocycles. The van der Waals surface area contributed by atoms with E-state index in [1.165, 1.54) is 12.1 Å². The monoisotopic (exact) mass is 381 g/mol. The molecule has 0 aliphatic carbocycles. The van der Waals surface area contributed by atoms with Gasteiger partial charge in [-0.1, -0.05) is 47.5 Å². The summed E-state index contributed by atoms with van der Waals surface area (Å²) in [6.07, 6.45) is 1.38. The van der Waals surface area contributed by atoms with Crippen LogP contribution in [0, 0.1) is 5.82 Å². The minimum Gasteiger partial charge on any atom is -0.268 e. The predicted octanol–water partition coefficient (Wildman–Crippen LogP) is 5.37. The first-order chi connectivity index (χ1) is 11.5. The van der Waals surface area contributed by atoms with Crippen LogP contribution in [0.5, 0.6) is 0 Å². The molecule has 0 unspecified atom stereocenters. The largest absolute Gasteiger partial charge is 0.293 e. The maximum absolute atomic E-state index is 13.7. The van der Waals surface area contributed by atoms with E-state index in [9.17, 15) is 14.0 Å². The number of amides is 2. The molecule has 2 amide bonds. The number of halogens is 3. The van der Waals surface area contributed by atoms with Gasteiger partial charge >= 0.3 is 0 Å². The van der Waals surface area contributed by atoms with Crippen LogP contribution in [0.2, 0.25) is 10.0 Å². The molecular formula is C17H10Cl2FNO2S. The molecule has 1 fully saturated rings. The Morgan fingerprint density at radius 3 is 2.58 bits per heavy atom. The topological polar surface area (TPSA) is 37.4 Å². The second kappa shape index (κ2) is 6.97. The minimum absolute atomic E-state index is 0.0370. The van der Waals surface area contributed by atoms with Crippen LogP contribution in [-0.2, 0) is 11.3 Å². The van der Waals surface area contributed by atoms with Crippen molar-refractivity contribution in [1.29, 1.82) is 0 Å². The molecular weight excluding hydrogens is 372 g/mol. The zero-order valence-electron chi connectivity index (χ0n) is 12.1. The fourth-order valence-electron chi connectivity index (χ4n) is 2.19. The Bertz CT molecular complexity index is 869. The molecule has 0 saturated carbocycles. The third kappa shape index (κ3) is 3.48. The number of hydrogen-bond acceptors (Lipinski definition) is 3. The highest BCUT2D eigenvalue weighted by atomic mass is 35.5. The van der Waals surface area contributed by atoms with Gasteiger partial charge in [0.1, 0.15) is 5.82 Å². The molecule has 2 aromatic carbocycles. The van der Waals surface area contributed by atoms with Gasteiger partial charge in [0.15, 0.2) is 0 Å². The number of imide groups is 1. The first kappa shape index (κ1) is 17.0. The van der Waals surface area contributed by atoms with Gasteiger partial charge in [-0.3, -0.25) is 14.5 Å². The number of hydrogen-bond donors (Lipinski definition) is 0. The molecule has 0 atom stereocenters. The smallest absolute Gasteiger partial charge is 0.268 e. The molecule has 1 aliphatic rings. The summed E-state index contributed by atoms with van der Waals surface area (Å²) < 4.78 is 13.7. The molecule has 122 valence electrons. The van der Waals surface area contributed by atoms with Gasteiger partial charge in [-0.15, -0.1) is 0 Å². The van der Waals surface area contributed by atoms with E-state index in [1.807, 2.05) is 0 Å². The van der Waals surface area contributed by atoms with Gasteiger partial charge in [0, 0.05) is 15.6 Å². The lowest BCUT2D eigenvalue weighted by molar-refractivity contribution is -0.123. The fraction of sp³-hybridized carbons (Fsp3) is 0.0588. The summed E-state index contributed by atoms with van der Waals surface area (Å²) in [5.74, 6) is -0.927. The summed E-state index contributed by atoms with van der Waals surface area (Å²) >= 11 is 12.7. The van der Waals surface area contributed by atoms with E-state index < -0.39 is 17.0 Å². The number of carbonyl (C=O) groups is 2. The molecule has 0 N–H and O–H groups in total. The standard InChI is InChI=1S/C17H10Cl2FNO2S/c18-12-6-5-11(13(19)8-12)9-21-16(22)15(24-17(21)23)7-10-3-1-2-4-14(10)20/h1-8H,9H2/b15-7+. The van der Waals surface area contributed by atoms with Crippen molar-refractivity contribution in [2.24, 2.45) is 0 Å². The summed E-state index contributed by atoms with van der Waals surface area (Å²) in [6.45, 7) is 0.0370. The van der Waals surface area contributed by atoms with E-state index in [1.54, 1.807) is 36.4 Å². The van der Waals surface area contributed by atoms with E-state index in [2.05, 4.69) is 0 Å². The lowest BCUT2D eigenvalue weighted by Gasteiger charge is -2.13. The van der Waals surface area contributed by atoms with Crippen LogP contribution in [0.15, 0.2) is 47.4 Å². The maximum Gasteiger partial charge on any atom is 0.293 e. The Labute approximate surface area is 152 Å². The van der Waals surface area contributed by atoms with Crippen LogP contribution in [0.25, 0.3) is 6.08 Å². The Balaban J connectivity index is 1.85. The Hall–Kier alpha value is -1.82. The molecule has 0 bridgehead atoms. The zero-order chi connectivity index (χ0) is 17.3. The molecule has 0 radical (unpaired) electrons. The van der Waals surface area contributed by atoms with Crippen LogP contribution < -0.4 is 0 Å². The highest BCUT2D eigenvalue weighted by molar-refractivity contribution is 8.18. The van der Waals surface area contributed by atoms with Crippen molar-refractivity contribution in [2.45, 2.75) is 6.54 Å². The number of rotatable bonds is 3. The van der Waals surface area contributed by atoms with E-state index in [0.29, 0.717) is 15.6 Å². The average Bonchev–Trinajstić information content (AvgIpc) is 2.79. The van der Waals surface area contributed by atoms with E-state index in [4.69, 9.17) is 23.2 Å². The van der Waals surface area contributed by atoms with E-state index in [-0.39, 0.29) is 17.0 Å². The van der Waals surface area contributed by atoms with Crippen molar-refractivity contribution < 1.29 is 14.0 Å². The number of benzene rings is 2. The van der Waals surface area contributed by atoms with Gasteiger partial charge in [0.25, 0.3) is 11.1 Å². The van der Waals surface area contributed by atoms with Crippen molar-refractivity contribution >= 4 is 52.2 Å². The first-order valence-corrected chi connectivity index (χ1v) is 8.47. The highest BCUT2D eigenvalue weighted by Gasteiger charge is 2.35. The Morgan fingerprint density at radius 1 is 1.12 bits per heavy atom. The third-order valence-electron chi connectivity index (χ3n) is 3.41. The van der Waals surface area contributed by atoms with Crippen LogP contribution >= 0.6 is 35.0 Å². The molecule has 1 aliphatic heterocycles. The summed E-state index contributed by atoms with van der Waals surface area (Å²) in [7, 11) is 0. The number of nitrogens with zero attached hydrogens (tertiary/aromatic N) is 1. The van der Waals surface area contributed by atoms with Crippen LogP contribution in [-0.4, -0.2) is 16.0 Å². The molecule has 1 heterocycles. The summed E-state index contributed by atoms with van der Waals surface area (Å²) in [4.78, 5) is 25.8. The van der Waals surface area contributed by atoms with Crippen molar-refractivity contribution in [1.82, 2.24) is 4.90 Å². The Morgan fingerprint density at radius 2 is 1.88 bits per heavy atom. The lowest BCUT2D eigenvalue weighted by atomic mass is 10.2. The molecule has 0 spiro atoms. The summed E-state index contributed by atoms with van der Waals surface area (Å²) in [5, 5.41) is 0.422. The van der Waals surface area contributed by atoms with Gasteiger partial charge < -0.3 is 0 Å². The van der Waals surface area contributed by atoms with Crippen LogP contribution in [0.3, 0.4) is 0 Å². The van der Waals surface area contributed by atoms with Gasteiger partial charge in [-0.05, 0) is 41.6 Å². The maximum atomic E-state index is 13.7. The SMILES string of the molecule is O=C1S/C(=C/c2ccccc2F)C(=O)N1Cc1ccc(Cl)cc1Cl. The molecule has 1 saturated heterocycles. The van der Waals surface area contributed by atoms with Crippen molar-refractivity contribution in [3.8, 4) is 0 Å². The quantitative estimate of drug-likeness (QED) is 0.670. The first-order valence-electron chi connectivity index (χ1n) is 6.89. The van der Waals surface area contributed by atoms with Crippen LogP contribution in [0.1, 0.15) is 11.1 Å². The van der Waals surface area contributed by atoms with Crippen molar-refractivity contribution in [3.63, 3.8) is 0 Å². The van der Waals surface area contributed by atoms with Gasteiger partial charge in [0.05, 0.1) is 11.4 Å². The van der Waals surface area contributed by atoms with Crippen LogP contribution in [0.4, 0.5) is 9.18 Å². The predicted molar refractivity (Wildman–Crippen MR) is 94.4 cm³/mol. The zero-order valence-corrected chi connectivity index (χ0v) is 14.5. The van der Waals surface area contributed by atoms with Crippen molar-refractivity contribution in [2.75, 3.05) is 0 Å². The normalized spacial score (nSPS) is 16.3. The van der Waals surface area contributed by atoms with E-state index >= 15 is 0 Å². The second-order valence-electron chi connectivity index (χ2n) is 5.03. The molecule has 3 nitrogen and oxygen atoms in total. The minimum atomic E-state index is -0.473. The van der Waals surface area contributed by atoms with E-state index in [0.717, 1.165) is 16.7 Å². The van der Waals surface area contributed by atoms with Gasteiger partial charge in [-0.2, -0.15) is 0 Å². The third-order valence-corrected chi connectivity index (χ3v) is 4.90. The summed E-state index contributed by atoms with van der Waals surface area (Å²) in [5.41, 5.74) is 0.864. The lowest BCUT2D eigenvalue weighted by Crippen LogP contribution is -2.27.